The summed E-state index contributed by atoms with van der Waals surface area (Å²) in [6.07, 6.45) is 1.63. The molecule has 0 saturated carbocycles. The van der Waals surface area contributed by atoms with Crippen LogP contribution >= 0.6 is 0 Å². The van der Waals surface area contributed by atoms with Crippen LogP contribution < -0.4 is 9.47 Å². The van der Waals surface area contributed by atoms with Gasteiger partial charge in [-0.15, -0.1) is 0 Å². The minimum atomic E-state index is -3.45. The summed E-state index contributed by atoms with van der Waals surface area (Å²) in [4.78, 5) is 13.3. The average molecular weight is 517 g/mol. The van der Waals surface area contributed by atoms with Crippen LogP contribution in [0.5, 0.6) is 11.5 Å². The fraction of sp³-hybridized carbons (Fsp3) is 0.286. The Hall–Kier alpha value is -3.69. The van der Waals surface area contributed by atoms with Crippen LogP contribution in [-0.4, -0.2) is 47.6 Å². The summed E-state index contributed by atoms with van der Waals surface area (Å²) in [6, 6.07) is 21.0. The molecule has 9 heteroatoms. The van der Waals surface area contributed by atoms with Crippen molar-refractivity contribution in [2.45, 2.75) is 31.4 Å². The number of rotatable bonds is 6. The molecule has 4 aromatic rings. The van der Waals surface area contributed by atoms with E-state index < -0.39 is 10.0 Å². The van der Waals surface area contributed by atoms with Gasteiger partial charge in [-0.2, -0.15) is 0 Å². The van der Waals surface area contributed by atoms with Crippen molar-refractivity contribution >= 4 is 10.0 Å². The molecule has 8 nitrogen and oxygen atoms in total. The normalized spacial score (nSPS) is 17.7. The van der Waals surface area contributed by atoms with Crippen molar-refractivity contribution in [2.24, 2.45) is 0 Å². The van der Waals surface area contributed by atoms with E-state index in [4.69, 9.17) is 19.4 Å². The van der Waals surface area contributed by atoms with Crippen LogP contribution in [0.15, 0.2) is 66.7 Å². The smallest absolute Gasteiger partial charge is 0.231 e. The highest BCUT2D eigenvalue weighted by Gasteiger charge is 2.32. The first-order chi connectivity index (χ1) is 18.0. The van der Waals surface area contributed by atoms with Gasteiger partial charge in [0.15, 0.2) is 11.5 Å². The molecule has 37 heavy (non-hydrogen) atoms. The highest BCUT2D eigenvalue weighted by Crippen LogP contribution is 2.39. The second-order valence-electron chi connectivity index (χ2n) is 9.52. The van der Waals surface area contributed by atoms with E-state index in [1.807, 2.05) is 73.7 Å². The van der Waals surface area contributed by atoms with Crippen LogP contribution in [0.25, 0.3) is 22.6 Å². The second kappa shape index (κ2) is 9.64. The molecule has 2 aliphatic rings. The molecule has 1 saturated heterocycles. The summed E-state index contributed by atoms with van der Waals surface area (Å²) in [5.41, 5.74) is 4.93. The Labute approximate surface area is 216 Å². The molecule has 1 unspecified atom stereocenters. The van der Waals surface area contributed by atoms with E-state index in [2.05, 4.69) is 4.98 Å². The molecule has 0 bridgehead atoms. The predicted molar refractivity (Wildman–Crippen MR) is 141 cm³/mol. The summed E-state index contributed by atoms with van der Waals surface area (Å²) in [7, 11) is -3.45. The first-order valence-corrected chi connectivity index (χ1v) is 14.0. The van der Waals surface area contributed by atoms with Crippen LogP contribution in [0.1, 0.15) is 35.8 Å². The zero-order valence-electron chi connectivity index (χ0n) is 20.6. The van der Waals surface area contributed by atoms with E-state index in [0.717, 1.165) is 52.6 Å². The Morgan fingerprint density at radius 2 is 1.84 bits per heavy atom. The van der Waals surface area contributed by atoms with Gasteiger partial charge in [0.05, 0.1) is 22.8 Å². The summed E-state index contributed by atoms with van der Waals surface area (Å²) in [5, 5.41) is 0. The van der Waals surface area contributed by atoms with Gasteiger partial charge in [0.2, 0.25) is 16.8 Å². The average Bonchev–Trinajstić information content (AvgIpc) is 3.56. The van der Waals surface area contributed by atoms with Gasteiger partial charge in [0, 0.05) is 30.3 Å². The number of piperidine rings is 1. The minimum Gasteiger partial charge on any atom is -0.454 e. The topological polar surface area (TPSA) is 97.4 Å². The van der Waals surface area contributed by atoms with E-state index in [1.54, 1.807) is 4.31 Å². The Morgan fingerprint density at radius 3 is 2.68 bits per heavy atom. The van der Waals surface area contributed by atoms with Crippen LogP contribution in [0, 0.1) is 6.92 Å². The van der Waals surface area contributed by atoms with E-state index in [0.29, 0.717) is 24.6 Å². The number of nitrogens with one attached hydrogen (secondary N) is 1. The van der Waals surface area contributed by atoms with Gasteiger partial charge in [-0.25, -0.2) is 17.7 Å². The number of nitrogens with zero attached hydrogens (tertiary/aromatic N) is 3. The molecule has 6 rings (SSSR count). The van der Waals surface area contributed by atoms with Gasteiger partial charge < -0.3 is 14.5 Å². The van der Waals surface area contributed by atoms with Crippen molar-refractivity contribution in [1.29, 1.82) is 0 Å². The largest absolute Gasteiger partial charge is 0.454 e. The van der Waals surface area contributed by atoms with E-state index in [1.165, 1.54) is 0 Å². The zero-order valence-corrected chi connectivity index (χ0v) is 21.4. The number of sulfonamides is 1. The number of aromatic amines is 1. The molecular formula is C28H28N4O4S. The molecule has 2 aliphatic heterocycles. The lowest BCUT2D eigenvalue weighted by molar-refractivity contribution is 0.174. The Kier molecular flexibility index (Phi) is 6.18. The Balaban J connectivity index is 1.34. The monoisotopic (exact) mass is 516 g/mol. The number of hydrogen-bond donors (Lipinski definition) is 1. The first-order valence-electron chi connectivity index (χ1n) is 12.4. The van der Waals surface area contributed by atoms with Crippen LogP contribution in [0.4, 0.5) is 0 Å². The maximum Gasteiger partial charge on any atom is 0.231 e. The molecule has 1 atom stereocenters. The highest BCUT2D eigenvalue weighted by molar-refractivity contribution is 7.88. The third-order valence-corrected chi connectivity index (χ3v) is 8.69. The van der Waals surface area contributed by atoms with Crippen molar-refractivity contribution < 1.29 is 17.9 Å². The fourth-order valence-electron chi connectivity index (χ4n) is 5.00. The third-order valence-electron chi connectivity index (χ3n) is 6.87. The lowest BCUT2D eigenvalue weighted by Crippen LogP contribution is -2.40. The number of benzene rings is 2. The van der Waals surface area contributed by atoms with Crippen molar-refractivity contribution in [3.8, 4) is 34.1 Å². The van der Waals surface area contributed by atoms with Gasteiger partial charge in [-0.05, 0) is 55.7 Å². The summed E-state index contributed by atoms with van der Waals surface area (Å²) in [6.45, 7) is 3.07. The molecule has 0 amide bonds. The van der Waals surface area contributed by atoms with E-state index >= 15 is 0 Å². The second-order valence-corrected chi connectivity index (χ2v) is 11.5. The molecule has 1 N–H and O–H groups in total. The van der Waals surface area contributed by atoms with Crippen molar-refractivity contribution in [3.05, 3.63) is 83.8 Å². The van der Waals surface area contributed by atoms with Crippen molar-refractivity contribution in [1.82, 2.24) is 19.3 Å². The first kappa shape index (κ1) is 23.7. The van der Waals surface area contributed by atoms with Crippen molar-refractivity contribution in [3.63, 3.8) is 0 Å². The SMILES string of the molecule is Cc1cccc(-c2[nH]c(C3CCCN(S(=O)(=O)Cc4ccccc4)C3)nc2-c2ccc3c(c2)OCO3)n1. The third kappa shape index (κ3) is 4.84. The molecule has 4 heterocycles. The van der Waals surface area contributed by atoms with E-state index in [9.17, 15) is 8.42 Å². The molecule has 0 aliphatic carbocycles. The summed E-state index contributed by atoms with van der Waals surface area (Å²) in [5.74, 6) is 2.11. The number of aryl methyl sites for hydroxylation is 1. The van der Waals surface area contributed by atoms with Gasteiger partial charge in [0.1, 0.15) is 5.82 Å². The number of ether oxygens (including phenoxy) is 2. The van der Waals surface area contributed by atoms with E-state index in [-0.39, 0.29) is 18.5 Å². The number of aromatic nitrogens is 3. The van der Waals surface area contributed by atoms with Gasteiger partial charge >= 0.3 is 0 Å². The maximum absolute atomic E-state index is 13.3. The number of pyridine rings is 1. The molecule has 190 valence electrons. The minimum absolute atomic E-state index is 0.000373. The molecule has 1 fully saturated rings. The number of imidazole rings is 1. The van der Waals surface area contributed by atoms with Crippen LogP contribution in [-0.2, 0) is 15.8 Å². The van der Waals surface area contributed by atoms with Crippen LogP contribution in [0.3, 0.4) is 0 Å². The predicted octanol–water partition coefficient (Wildman–Crippen LogP) is 4.89. The molecule has 2 aromatic carbocycles. The molecular weight excluding hydrogens is 488 g/mol. The zero-order chi connectivity index (χ0) is 25.4. The van der Waals surface area contributed by atoms with Crippen molar-refractivity contribution in [2.75, 3.05) is 19.9 Å². The van der Waals surface area contributed by atoms with Gasteiger partial charge in [-0.3, -0.25) is 4.98 Å². The Morgan fingerprint density at radius 1 is 1.00 bits per heavy atom. The van der Waals surface area contributed by atoms with Crippen LogP contribution in [0.2, 0.25) is 0 Å². The number of H-pyrrole nitrogens is 1. The standard InChI is InChI=1S/C28H28N4O4S/c1-19-7-5-11-23(29-19)27-26(21-12-13-24-25(15-21)36-18-35-24)30-28(31-27)22-10-6-14-32(16-22)37(33,34)17-20-8-3-2-4-9-20/h2-5,7-9,11-13,15,22H,6,10,14,16-18H2,1H3,(H,30,31). The molecule has 0 spiro atoms. The highest BCUT2D eigenvalue weighted by atomic mass is 32.2. The number of hydrogen-bond acceptors (Lipinski definition) is 6. The quantitative estimate of drug-likeness (QED) is 0.392. The lowest BCUT2D eigenvalue weighted by atomic mass is 9.99. The fourth-order valence-corrected chi connectivity index (χ4v) is 6.61. The van der Waals surface area contributed by atoms with Gasteiger partial charge in [-0.1, -0.05) is 36.4 Å². The summed E-state index contributed by atoms with van der Waals surface area (Å²) >= 11 is 0. The number of fused-ring (bicyclic) bond motifs is 1. The molecule has 2 aromatic heterocycles. The lowest BCUT2D eigenvalue weighted by Gasteiger charge is -2.31. The molecule has 0 radical (unpaired) electrons. The Bertz CT molecular complexity index is 1540. The summed E-state index contributed by atoms with van der Waals surface area (Å²) < 4.78 is 39.2. The van der Waals surface area contributed by atoms with Gasteiger partial charge in [0.25, 0.3) is 0 Å². The maximum atomic E-state index is 13.3.